The molecule has 0 fully saturated rings. The van der Waals surface area contributed by atoms with Gasteiger partial charge in [0.1, 0.15) is 5.75 Å². The van der Waals surface area contributed by atoms with Crippen molar-refractivity contribution in [1.82, 2.24) is 10.6 Å². The van der Waals surface area contributed by atoms with E-state index in [0.717, 1.165) is 14.9 Å². The van der Waals surface area contributed by atoms with Crippen molar-refractivity contribution >= 4 is 45.8 Å². The van der Waals surface area contributed by atoms with Crippen molar-refractivity contribution in [3.8, 4) is 5.75 Å². The van der Waals surface area contributed by atoms with Crippen LogP contribution in [0.2, 0.25) is 0 Å². The fourth-order valence-electron chi connectivity index (χ4n) is 2.04. The molecule has 4 nitrogen and oxygen atoms in total. The summed E-state index contributed by atoms with van der Waals surface area (Å²) < 4.78 is 6.05. The van der Waals surface area contributed by atoms with Crippen molar-refractivity contribution in [2.24, 2.45) is 0 Å². The van der Waals surface area contributed by atoms with Gasteiger partial charge in [0, 0.05) is 5.56 Å². The Morgan fingerprint density at radius 1 is 1.22 bits per heavy atom. The summed E-state index contributed by atoms with van der Waals surface area (Å²) >= 11 is 7.35. The summed E-state index contributed by atoms with van der Waals surface area (Å²) in [5, 5.41) is 6.11. The van der Waals surface area contributed by atoms with Crippen LogP contribution in [0, 0.1) is 3.57 Å². The van der Waals surface area contributed by atoms with Crippen LogP contribution in [0.5, 0.6) is 5.75 Å². The second-order valence-electron chi connectivity index (χ2n) is 4.91. The summed E-state index contributed by atoms with van der Waals surface area (Å²) in [6.07, 6.45) is 0. The minimum atomic E-state index is -0.247. The average Bonchev–Trinajstić information content (AvgIpc) is 2.55. The van der Waals surface area contributed by atoms with Gasteiger partial charge in [0.2, 0.25) is 0 Å². The molecule has 6 heteroatoms. The molecule has 0 heterocycles. The molecule has 0 saturated carbocycles. The number of carbonyl (C=O) groups excluding carboxylic acids is 1. The van der Waals surface area contributed by atoms with E-state index in [1.54, 1.807) is 25.3 Å². The van der Waals surface area contributed by atoms with E-state index in [2.05, 4.69) is 33.2 Å². The second kappa shape index (κ2) is 8.26. The third-order valence-electron chi connectivity index (χ3n) is 3.29. The smallest absolute Gasteiger partial charge is 0.257 e. The summed E-state index contributed by atoms with van der Waals surface area (Å²) in [7, 11) is 1.60. The van der Waals surface area contributed by atoms with Gasteiger partial charge in [-0.25, -0.2) is 0 Å². The summed E-state index contributed by atoms with van der Waals surface area (Å²) in [5.41, 5.74) is 1.63. The number of benzene rings is 2. The van der Waals surface area contributed by atoms with Gasteiger partial charge in [0.05, 0.1) is 16.7 Å². The van der Waals surface area contributed by atoms with Crippen LogP contribution in [0.15, 0.2) is 48.5 Å². The van der Waals surface area contributed by atoms with E-state index in [4.69, 9.17) is 17.0 Å². The molecule has 2 rings (SSSR count). The van der Waals surface area contributed by atoms with Gasteiger partial charge in [-0.15, -0.1) is 0 Å². The van der Waals surface area contributed by atoms with Crippen LogP contribution in [0.3, 0.4) is 0 Å². The van der Waals surface area contributed by atoms with Gasteiger partial charge in [0.15, 0.2) is 5.11 Å². The van der Waals surface area contributed by atoms with Crippen molar-refractivity contribution in [2.45, 2.75) is 13.0 Å². The van der Waals surface area contributed by atoms with Crippen LogP contribution in [0.4, 0.5) is 0 Å². The first-order chi connectivity index (χ1) is 11.0. The SMILES string of the molecule is COc1ccc(C(=O)NC(=S)NC(C)c2ccccc2)cc1I. The molecule has 0 radical (unpaired) electrons. The third kappa shape index (κ3) is 4.90. The Morgan fingerprint density at radius 2 is 1.91 bits per heavy atom. The van der Waals surface area contributed by atoms with Crippen LogP contribution in [-0.2, 0) is 0 Å². The predicted molar refractivity (Wildman–Crippen MR) is 104 cm³/mol. The van der Waals surface area contributed by atoms with Gasteiger partial charge >= 0.3 is 0 Å². The van der Waals surface area contributed by atoms with E-state index in [1.807, 2.05) is 37.3 Å². The maximum absolute atomic E-state index is 12.2. The van der Waals surface area contributed by atoms with E-state index in [-0.39, 0.29) is 11.9 Å². The zero-order valence-corrected chi connectivity index (χ0v) is 15.8. The highest BCUT2D eigenvalue weighted by molar-refractivity contribution is 14.1. The first-order valence-electron chi connectivity index (χ1n) is 7.01. The molecular weight excluding hydrogens is 423 g/mol. The number of nitrogens with one attached hydrogen (secondary N) is 2. The highest BCUT2D eigenvalue weighted by Crippen LogP contribution is 2.21. The van der Waals surface area contributed by atoms with Crippen LogP contribution in [0.25, 0.3) is 0 Å². The molecule has 0 aliphatic rings. The molecule has 23 heavy (non-hydrogen) atoms. The zero-order valence-electron chi connectivity index (χ0n) is 12.8. The standard InChI is InChI=1S/C17H17IN2O2S/c1-11(12-6-4-3-5-7-12)19-17(23)20-16(21)13-8-9-15(22-2)14(18)10-13/h3-11H,1-2H3,(H2,19,20,21,23). The minimum absolute atomic E-state index is 0.0139. The van der Waals surface area contributed by atoms with E-state index in [9.17, 15) is 4.79 Å². The lowest BCUT2D eigenvalue weighted by molar-refractivity contribution is 0.0976. The molecule has 0 bridgehead atoms. The fourth-order valence-corrected chi connectivity index (χ4v) is 3.05. The van der Waals surface area contributed by atoms with Gasteiger partial charge < -0.3 is 10.1 Å². The Labute approximate surface area is 154 Å². The molecule has 1 unspecified atom stereocenters. The van der Waals surface area contributed by atoms with Crippen molar-refractivity contribution in [2.75, 3.05) is 7.11 Å². The van der Waals surface area contributed by atoms with Gasteiger partial charge in [0.25, 0.3) is 5.91 Å². The Kier molecular flexibility index (Phi) is 6.35. The number of thiocarbonyl (C=S) groups is 1. The highest BCUT2D eigenvalue weighted by atomic mass is 127. The monoisotopic (exact) mass is 440 g/mol. The molecule has 0 saturated heterocycles. The fraction of sp³-hybridized carbons (Fsp3) is 0.176. The van der Waals surface area contributed by atoms with E-state index < -0.39 is 0 Å². The van der Waals surface area contributed by atoms with E-state index in [1.165, 1.54) is 0 Å². The quantitative estimate of drug-likeness (QED) is 0.563. The zero-order chi connectivity index (χ0) is 16.8. The number of hydrogen-bond acceptors (Lipinski definition) is 3. The number of rotatable bonds is 4. The molecule has 0 aromatic heterocycles. The molecule has 2 aromatic carbocycles. The summed E-state index contributed by atoms with van der Waals surface area (Å²) in [4.78, 5) is 12.2. The van der Waals surface area contributed by atoms with Crippen LogP contribution < -0.4 is 15.4 Å². The van der Waals surface area contributed by atoms with Crippen molar-refractivity contribution in [3.63, 3.8) is 0 Å². The molecule has 0 aliphatic carbocycles. The highest BCUT2D eigenvalue weighted by Gasteiger charge is 2.12. The Bertz CT molecular complexity index is 707. The minimum Gasteiger partial charge on any atom is -0.496 e. The molecule has 1 amide bonds. The second-order valence-corrected chi connectivity index (χ2v) is 6.48. The van der Waals surface area contributed by atoms with Gasteiger partial charge in [-0.2, -0.15) is 0 Å². The maximum atomic E-state index is 12.2. The average molecular weight is 440 g/mol. The summed E-state index contributed by atoms with van der Waals surface area (Å²) in [6.45, 7) is 1.99. The number of ether oxygens (including phenoxy) is 1. The Morgan fingerprint density at radius 3 is 2.52 bits per heavy atom. The van der Waals surface area contributed by atoms with E-state index in [0.29, 0.717) is 10.7 Å². The first kappa shape index (κ1) is 17.7. The lowest BCUT2D eigenvalue weighted by atomic mass is 10.1. The summed E-state index contributed by atoms with van der Waals surface area (Å²) in [5.74, 6) is 0.490. The van der Waals surface area contributed by atoms with Crippen LogP contribution >= 0.6 is 34.8 Å². The molecule has 0 aliphatic heterocycles. The van der Waals surface area contributed by atoms with Gasteiger partial charge in [-0.1, -0.05) is 30.3 Å². The largest absolute Gasteiger partial charge is 0.496 e. The molecule has 2 N–H and O–H groups in total. The van der Waals surface area contributed by atoms with Crippen molar-refractivity contribution < 1.29 is 9.53 Å². The number of methoxy groups -OCH3 is 1. The van der Waals surface area contributed by atoms with E-state index >= 15 is 0 Å². The Balaban J connectivity index is 1.97. The van der Waals surface area contributed by atoms with Gasteiger partial charge in [-0.3, -0.25) is 10.1 Å². The first-order valence-corrected chi connectivity index (χ1v) is 8.50. The lowest BCUT2D eigenvalue weighted by Gasteiger charge is -2.17. The van der Waals surface area contributed by atoms with Crippen molar-refractivity contribution in [3.05, 3.63) is 63.2 Å². The number of hydrogen-bond donors (Lipinski definition) is 2. The third-order valence-corrected chi connectivity index (χ3v) is 4.35. The molecule has 1 atom stereocenters. The number of halogens is 1. The number of carbonyl (C=O) groups is 1. The van der Waals surface area contributed by atoms with Crippen molar-refractivity contribution in [1.29, 1.82) is 0 Å². The molecule has 2 aromatic rings. The molecule has 0 spiro atoms. The molecule has 120 valence electrons. The number of amides is 1. The molecular formula is C17H17IN2O2S. The maximum Gasteiger partial charge on any atom is 0.257 e. The summed E-state index contributed by atoms with van der Waals surface area (Å²) in [6, 6.07) is 15.2. The van der Waals surface area contributed by atoms with Crippen LogP contribution in [-0.4, -0.2) is 18.1 Å². The van der Waals surface area contributed by atoms with Crippen LogP contribution in [0.1, 0.15) is 28.9 Å². The topological polar surface area (TPSA) is 50.4 Å². The normalized spacial score (nSPS) is 11.4. The Hall–Kier alpha value is -1.67. The lowest BCUT2D eigenvalue weighted by Crippen LogP contribution is -2.40. The van der Waals surface area contributed by atoms with Gasteiger partial charge in [-0.05, 0) is 65.5 Å². The predicted octanol–water partition coefficient (Wildman–Crippen LogP) is 3.67.